The molecule has 112 valence electrons. The number of rotatable bonds is 8. The van der Waals surface area contributed by atoms with E-state index in [-0.39, 0.29) is 6.79 Å². The van der Waals surface area contributed by atoms with Gasteiger partial charge in [0.15, 0.2) is 11.5 Å². The first-order chi connectivity index (χ1) is 9.70. The summed E-state index contributed by atoms with van der Waals surface area (Å²) >= 11 is 0. The zero-order valence-corrected chi connectivity index (χ0v) is 12.7. The van der Waals surface area contributed by atoms with Gasteiger partial charge in [0.2, 0.25) is 12.5 Å². The first-order valence-electron chi connectivity index (χ1n) is 7.38. The topological polar surface area (TPSA) is 39.7 Å². The van der Waals surface area contributed by atoms with Crippen molar-refractivity contribution in [2.75, 3.05) is 20.4 Å². The molecule has 0 bridgehead atoms. The van der Waals surface area contributed by atoms with E-state index >= 15 is 0 Å². The Morgan fingerprint density at radius 2 is 2.10 bits per heavy atom. The Bertz CT molecular complexity index is 432. The highest BCUT2D eigenvalue weighted by Gasteiger charge is 2.19. The minimum atomic E-state index is 0.276. The Morgan fingerprint density at radius 1 is 1.25 bits per heavy atom. The Balaban J connectivity index is 1.79. The van der Waals surface area contributed by atoms with Crippen molar-refractivity contribution < 1.29 is 14.2 Å². The number of ether oxygens (including phenoxy) is 3. The third kappa shape index (κ3) is 4.04. The highest BCUT2D eigenvalue weighted by Crippen LogP contribution is 2.41. The molecule has 0 aromatic heterocycles. The fourth-order valence-corrected chi connectivity index (χ4v) is 2.32. The van der Waals surface area contributed by atoms with Gasteiger partial charge >= 0.3 is 0 Å². The van der Waals surface area contributed by atoms with Crippen LogP contribution < -0.4 is 19.5 Å². The van der Waals surface area contributed by atoms with E-state index in [1.165, 1.54) is 19.3 Å². The maximum atomic E-state index is 5.42. The number of hydrogen-bond donors (Lipinski definition) is 1. The molecule has 0 radical (unpaired) electrons. The summed E-state index contributed by atoms with van der Waals surface area (Å²) in [6.07, 6.45) is 3.81. The summed E-state index contributed by atoms with van der Waals surface area (Å²) in [5, 5.41) is 3.47. The molecule has 4 nitrogen and oxygen atoms in total. The van der Waals surface area contributed by atoms with Gasteiger partial charge in [-0.05, 0) is 36.6 Å². The van der Waals surface area contributed by atoms with Crippen LogP contribution in [-0.2, 0) is 6.54 Å². The van der Waals surface area contributed by atoms with Crippen LogP contribution in [0.1, 0.15) is 38.7 Å². The highest BCUT2D eigenvalue weighted by atomic mass is 16.7. The smallest absolute Gasteiger partial charge is 0.231 e. The van der Waals surface area contributed by atoms with Crippen LogP contribution in [0.3, 0.4) is 0 Å². The van der Waals surface area contributed by atoms with Gasteiger partial charge < -0.3 is 19.5 Å². The number of methoxy groups -OCH3 is 1. The van der Waals surface area contributed by atoms with Crippen LogP contribution >= 0.6 is 0 Å². The summed E-state index contributed by atoms with van der Waals surface area (Å²) in [5.74, 6) is 3.04. The molecule has 4 heteroatoms. The lowest BCUT2D eigenvalue weighted by atomic mass is 10.1. The first kappa shape index (κ1) is 15.0. The first-order valence-corrected chi connectivity index (χ1v) is 7.38. The fraction of sp³-hybridized carbons (Fsp3) is 0.625. The van der Waals surface area contributed by atoms with Gasteiger partial charge in [0.1, 0.15) is 0 Å². The SMILES string of the molecule is COc1cc(CNCCCCC(C)C)cc2c1OCO2. The molecule has 1 aliphatic rings. The van der Waals surface area contributed by atoms with Gasteiger partial charge in [0.25, 0.3) is 0 Å². The molecule has 0 aliphatic carbocycles. The van der Waals surface area contributed by atoms with Crippen molar-refractivity contribution >= 4 is 0 Å². The van der Waals surface area contributed by atoms with E-state index < -0.39 is 0 Å². The van der Waals surface area contributed by atoms with Crippen molar-refractivity contribution in [3.63, 3.8) is 0 Å². The Hall–Kier alpha value is -1.42. The maximum absolute atomic E-state index is 5.42. The summed E-state index contributed by atoms with van der Waals surface area (Å²) < 4.78 is 16.1. The summed E-state index contributed by atoms with van der Waals surface area (Å²) in [4.78, 5) is 0. The van der Waals surface area contributed by atoms with E-state index in [1.807, 2.05) is 12.1 Å². The predicted molar refractivity (Wildman–Crippen MR) is 79.5 cm³/mol. The number of benzene rings is 1. The van der Waals surface area contributed by atoms with E-state index in [1.54, 1.807) is 7.11 Å². The largest absolute Gasteiger partial charge is 0.493 e. The van der Waals surface area contributed by atoms with E-state index in [0.29, 0.717) is 5.75 Å². The molecule has 1 aromatic carbocycles. The molecular weight excluding hydrogens is 254 g/mol. The molecule has 20 heavy (non-hydrogen) atoms. The molecule has 0 saturated carbocycles. The van der Waals surface area contributed by atoms with Crippen LogP contribution in [0.25, 0.3) is 0 Å². The summed E-state index contributed by atoms with van der Waals surface area (Å²) in [7, 11) is 1.65. The summed E-state index contributed by atoms with van der Waals surface area (Å²) in [6.45, 7) is 6.69. The molecule has 2 rings (SSSR count). The van der Waals surface area contributed by atoms with Crippen LogP contribution in [-0.4, -0.2) is 20.4 Å². The van der Waals surface area contributed by atoms with Crippen LogP contribution in [0.4, 0.5) is 0 Å². The van der Waals surface area contributed by atoms with Crippen LogP contribution in [0.15, 0.2) is 12.1 Å². The van der Waals surface area contributed by atoms with E-state index in [0.717, 1.165) is 36.1 Å². The van der Waals surface area contributed by atoms with Gasteiger partial charge in [-0.25, -0.2) is 0 Å². The quantitative estimate of drug-likeness (QED) is 0.741. The van der Waals surface area contributed by atoms with Crippen LogP contribution in [0.2, 0.25) is 0 Å². The molecule has 0 fully saturated rings. The monoisotopic (exact) mass is 279 g/mol. The number of unbranched alkanes of at least 4 members (excludes halogenated alkanes) is 1. The summed E-state index contributed by atoms with van der Waals surface area (Å²) in [5.41, 5.74) is 1.16. The minimum Gasteiger partial charge on any atom is -0.493 e. The lowest BCUT2D eigenvalue weighted by Crippen LogP contribution is -2.14. The van der Waals surface area contributed by atoms with Gasteiger partial charge in [-0.1, -0.05) is 26.7 Å². The molecule has 0 unspecified atom stereocenters. The van der Waals surface area contributed by atoms with E-state index in [4.69, 9.17) is 14.2 Å². The van der Waals surface area contributed by atoms with Gasteiger partial charge in [-0.3, -0.25) is 0 Å². The Labute approximate surface area is 121 Å². The van der Waals surface area contributed by atoms with Crippen molar-refractivity contribution in [3.8, 4) is 17.2 Å². The lowest BCUT2D eigenvalue weighted by molar-refractivity contribution is 0.171. The molecule has 1 N–H and O–H groups in total. The van der Waals surface area contributed by atoms with Crippen molar-refractivity contribution in [1.82, 2.24) is 5.32 Å². The van der Waals surface area contributed by atoms with Crippen LogP contribution in [0, 0.1) is 5.92 Å². The average Bonchev–Trinajstić information content (AvgIpc) is 2.89. The average molecular weight is 279 g/mol. The standard InChI is InChI=1S/C16H25NO3/c1-12(2)6-4-5-7-17-10-13-8-14(18-3)16-15(9-13)19-11-20-16/h8-9,12,17H,4-7,10-11H2,1-3H3. The molecule has 0 atom stereocenters. The third-order valence-electron chi connectivity index (χ3n) is 3.43. The molecule has 1 aliphatic heterocycles. The Kier molecular flexibility index (Phi) is 5.53. The van der Waals surface area contributed by atoms with Gasteiger partial charge in [0, 0.05) is 6.54 Å². The van der Waals surface area contributed by atoms with Crippen molar-refractivity contribution in [3.05, 3.63) is 17.7 Å². The van der Waals surface area contributed by atoms with Gasteiger partial charge in [-0.15, -0.1) is 0 Å². The predicted octanol–water partition coefficient (Wildman–Crippen LogP) is 3.34. The lowest BCUT2D eigenvalue weighted by Gasteiger charge is -2.09. The molecule has 1 aromatic rings. The highest BCUT2D eigenvalue weighted by molar-refractivity contribution is 5.55. The van der Waals surface area contributed by atoms with Crippen LogP contribution in [0.5, 0.6) is 17.2 Å². The molecular formula is C16H25NO3. The Morgan fingerprint density at radius 3 is 2.85 bits per heavy atom. The van der Waals surface area contributed by atoms with Crippen molar-refractivity contribution in [1.29, 1.82) is 0 Å². The van der Waals surface area contributed by atoms with E-state index in [2.05, 4.69) is 19.2 Å². The number of hydrogen-bond acceptors (Lipinski definition) is 4. The minimum absolute atomic E-state index is 0.276. The zero-order chi connectivity index (χ0) is 14.4. The second-order valence-electron chi connectivity index (χ2n) is 5.60. The number of nitrogens with one attached hydrogen (secondary N) is 1. The summed E-state index contributed by atoms with van der Waals surface area (Å²) in [6, 6.07) is 4.03. The molecule has 0 spiro atoms. The van der Waals surface area contributed by atoms with Gasteiger partial charge in [-0.2, -0.15) is 0 Å². The van der Waals surface area contributed by atoms with E-state index in [9.17, 15) is 0 Å². The normalized spacial score (nSPS) is 13.0. The number of fused-ring (bicyclic) bond motifs is 1. The second kappa shape index (κ2) is 7.39. The second-order valence-corrected chi connectivity index (χ2v) is 5.60. The molecule has 0 saturated heterocycles. The third-order valence-corrected chi connectivity index (χ3v) is 3.43. The fourth-order valence-electron chi connectivity index (χ4n) is 2.32. The van der Waals surface area contributed by atoms with Crippen molar-refractivity contribution in [2.45, 2.75) is 39.7 Å². The van der Waals surface area contributed by atoms with Crippen molar-refractivity contribution in [2.24, 2.45) is 5.92 Å². The maximum Gasteiger partial charge on any atom is 0.231 e. The molecule has 1 heterocycles. The zero-order valence-electron chi connectivity index (χ0n) is 12.7. The van der Waals surface area contributed by atoms with Gasteiger partial charge in [0.05, 0.1) is 7.11 Å². The molecule has 0 amide bonds.